The summed E-state index contributed by atoms with van der Waals surface area (Å²) in [6.07, 6.45) is 8.04. The van der Waals surface area contributed by atoms with E-state index in [0.29, 0.717) is 13.0 Å². The Morgan fingerprint density at radius 2 is 1.48 bits per heavy atom. The molecule has 136 valence electrons. The van der Waals surface area contributed by atoms with Crippen LogP contribution in [0.5, 0.6) is 0 Å². The van der Waals surface area contributed by atoms with Gasteiger partial charge in [-0.05, 0) is 26.7 Å². The van der Waals surface area contributed by atoms with Gasteiger partial charge in [0.05, 0.1) is 18.6 Å². The minimum atomic E-state index is -0.449. The number of carbonyl (C=O) groups excluding carboxylic acids is 2. The molecule has 0 unspecified atom stereocenters. The number of ether oxygens (including phenoxy) is 2. The second kappa shape index (κ2) is 13.2. The molecular formula is C18H35NO4. The molecule has 0 saturated heterocycles. The van der Waals surface area contributed by atoms with Gasteiger partial charge in [-0.15, -0.1) is 0 Å². The van der Waals surface area contributed by atoms with Crippen molar-refractivity contribution in [1.29, 1.82) is 0 Å². The third-order valence-electron chi connectivity index (χ3n) is 3.99. The van der Waals surface area contributed by atoms with Crippen molar-refractivity contribution in [2.24, 2.45) is 5.41 Å². The highest BCUT2D eigenvalue weighted by Gasteiger charge is 2.26. The summed E-state index contributed by atoms with van der Waals surface area (Å²) in [5.41, 5.74) is -0.449. The Balaban J connectivity index is 3.45. The SMILES string of the molecule is CCCCCCCCNC(=O)OCCCOC(=O)C(C)(C)CC. The van der Waals surface area contributed by atoms with Gasteiger partial charge in [0.2, 0.25) is 0 Å². The molecule has 1 amide bonds. The van der Waals surface area contributed by atoms with Crippen molar-refractivity contribution in [3.8, 4) is 0 Å². The molecule has 0 aliphatic heterocycles. The highest BCUT2D eigenvalue weighted by atomic mass is 16.6. The summed E-state index contributed by atoms with van der Waals surface area (Å²) in [4.78, 5) is 23.2. The average Bonchev–Trinajstić information content (AvgIpc) is 2.53. The number of rotatable bonds is 13. The molecule has 0 rings (SSSR count). The van der Waals surface area contributed by atoms with E-state index in [0.717, 1.165) is 19.3 Å². The van der Waals surface area contributed by atoms with E-state index in [4.69, 9.17) is 9.47 Å². The minimum absolute atomic E-state index is 0.201. The third kappa shape index (κ3) is 11.9. The molecule has 0 bridgehead atoms. The first-order chi connectivity index (χ1) is 10.9. The van der Waals surface area contributed by atoms with Gasteiger partial charge >= 0.3 is 12.1 Å². The van der Waals surface area contributed by atoms with Gasteiger partial charge in [0.15, 0.2) is 0 Å². The van der Waals surface area contributed by atoms with E-state index < -0.39 is 11.5 Å². The summed E-state index contributed by atoms with van der Waals surface area (Å²) in [6.45, 7) is 9.09. The standard InChI is InChI=1S/C18H35NO4/c1-5-7-8-9-10-11-13-19-17(21)23-15-12-14-22-16(20)18(3,4)6-2/h5-15H2,1-4H3,(H,19,21). The fraction of sp³-hybridized carbons (Fsp3) is 0.889. The molecule has 0 aromatic heterocycles. The van der Waals surface area contributed by atoms with Crippen molar-refractivity contribution >= 4 is 12.1 Å². The zero-order valence-corrected chi connectivity index (χ0v) is 15.4. The van der Waals surface area contributed by atoms with Gasteiger partial charge in [-0.3, -0.25) is 4.79 Å². The smallest absolute Gasteiger partial charge is 0.407 e. The second-order valence-corrected chi connectivity index (χ2v) is 6.56. The lowest BCUT2D eigenvalue weighted by atomic mass is 9.91. The number of carbonyl (C=O) groups is 2. The van der Waals surface area contributed by atoms with E-state index in [2.05, 4.69) is 12.2 Å². The van der Waals surface area contributed by atoms with Crippen LogP contribution in [0.4, 0.5) is 4.79 Å². The largest absolute Gasteiger partial charge is 0.465 e. The molecule has 0 radical (unpaired) electrons. The number of nitrogens with one attached hydrogen (secondary N) is 1. The van der Waals surface area contributed by atoms with Crippen LogP contribution in [0.2, 0.25) is 0 Å². The molecule has 23 heavy (non-hydrogen) atoms. The van der Waals surface area contributed by atoms with Crippen LogP contribution in [0.15, 0.2) is 0 Å². The summed E-state index contributed by atoms with van der Waals surface area (Å²) in [5.74, 6) is -0.201. The summed E-state index contributed by atoms with van der Waals surface area (Å²) in [6, 6.07) is 0. The van der Waals surface area contributed by atoms with Crippen molar-refractivity contribution < 1.29 is 19.1 Å². The van der Waals surface area contributed by atoms with Gasteiger partial charge in [-0.25, -0.2) is 4.79 Å². The highest BCUT2D eigenvalue weighted by Crippen LogP contribution is 2.21. The Morgan fingerprint density at radius 1 is 0.870 bits per heavy atom. The number of alkyl carbamates (subject to hydrolysis) is 1. The Hall–Kier alpha value is -1.26. The summed E-state index contributed by atoms with van der Waals surface area (Å²) >= 11 is 0. The number of amides is 1. The molecule has 0 saturated carbocycles. The Kier molecular flexibility index (Phi) is 12.5. The minimum Gasteiger partial charge on any atom is -0.465 e. The Morgan fingerprint density at radius 3 is 2.13 bits per heavy atom. The maximum atomic E-state index is 11.7. The van der Waals surface area contributed by atoms with Crippen molar-refractivity contribution in [1.82, 2.24) is 5.32 Å². The van der Waals surface area contributed by atoms with Crippen LogP contribution in [0, 0.1) is 5.41 Å². The quantitative estimate of drug-likeness (QED) is 0.401. The first-order valence-electron chi connectivity index (χ1n) is 9.02. The van der Waals surface area contributed by atoms with Crippen molar-refractivity contribution in [2.75, 3.05) is 19.8 Å². The van der Waals surface area contributed by atoms with E-state index in [1.165, 1.54) is 25.7 Å². The number of hydrogen-bond donors (Lipinski definition) is 1. The first kappa shape index (κ1) is 21.7. The zero-order valence-electron chi connectivity index (χ0n) is 15.4. The topological polar surface area (TPSA) is 64.6 Å². The summed E-state index contributed by atoms with van der Waals surface area (Å²) in [5, 5.41) is 2.74. The molecule has 0 aromatic carbocycles. The van der Waals surface area contributed by atoms with Gasteiger partial charge in [0, 0.05) is 13.0 Å². The van der Waals surface area contributed by atoms with E-state index >= 15 is 0 Å². The van der Waals surface area contributed by atoms with Gasteiger partial charge in [-0.2, -0.15) is 0 Å². The normalized spacial score (nSPS) is 11.1. The van der Waals surface area contributed by atoms with Crippen LogP contribution in [-0.2, 0) is 14.3 Å². The van der Waals surface area contributed by atoms with Crippen LogP contribution in [-0.4, -0.2) is 31.8 Å². The van der Waals surface area contributed by atoms with Crippen molar-refractivity contribution in [3.05, 3.63) is 0 Å². The van der Waals surface area contributed by atoms with Gasteiger partial charge in [0.1, 0.15) is 0 Å². The van der Waals surface area contributed by atoms with Gasteiger partial charge in [0.25, 0.3) is 0 Å². The molecule has 5 nitrogen and oxygen atoms in total. The predicted octanol–water partition coefficient (Wildman–Crippen LogP) is 4.44. The Labute approximate surface area is 141 Å². The molecule has 0 aromatic rings. The van der Waals surface area contributed by atoms with E-state index in [9.17, 15) is 9.59 Å². The van der Waals surface area contributed by atoms with E-state index in [-0.39, 0.29) is 19.2 Å². The van der Waals surface area contributed by atoms with Crippen LogP contribution in [0.25, 0.3) is 0 Å². The lowest BCUT2D eigenvalue weighted by Crippen LogP contribution is -2.27. The maximum absolute atomic E-state index is 11.7. The molecule has 0 spiro atoms. The molecule has 0 aliphatic rings. The van der Waals surface area contributed by atoms with E-state index in [1.807, 2.05) is 20.8 Å². The number of unbranched alkanes of at least 4 members (excludes halogenated alkanes) is 5. The fourth-order valence-electron chi connectivity index (χ4n) is 1.88. The molecule has 0 fully saturated rings. The third-order valence-corrected chi connectivity index (χ3v) is 3.99. The predicted molar refractivity (Wildman–Crippen MR) is 92.4 cm³/mol. The lowest BCUT2D eigenvalue weighted by Gasteiger charge is -2.20. The number of esters is 1. The zero-order chi connectivity index (χ0) is 17.6. The van der Waals surface area contributed by atoms with Crippen molar-refractivity contribution in [2.45, 2.75) is 79.1 Å². The lowest BCUT2D eigenvalue weighted by molar-refractivity contribution is -0.154. The van der Waals surface area contributed by atoms with Crippen LogP contribution in [0.1, 0.15) is 79.1 Å². The van der Waals surface area contributed by atoms with Gasteiger partial charge in [-0.1, -0.05) is 46.0 Å². The molecule has 5 heteroatoms. The van der Waals surface area contributed by atoms with E-state index in [1.54, 1.807) is 0 Å². The van der Waals surface area contributed by atoms with Crippen LogP contribution in [0.3, 0.4) is 0 Å². The second-order valence-electron chi connectivity index (χ2n) is 6.56. The van der Waals surface area contributed by atoms with Crippen LogP contribution >= 0.6 is 0 Å². The van der Waals surface area contributed by atoms with Crippen LogP contribution < -0.4 is 5.32 Å². The maximum Gasteiger partial charge on any atom is 0.407 e. The first-order valence-corrected chi connectivity index (χ1v) is 9.02. The van der Waals surface area contributed by atoms with Crippen molar-refractivity contribution in [3.63, 3.8) is 0 Å². The summed E-state index contributed by atoms with van der Waals surface area (Å²) in [7, 11) is 0. The molecule has 0 aliphatic carbocycles. The highest BCUT2D eigenvalue weighted by molar-refractivity contribution is 5.75. The number of hydrogen-bond acceptors (Lipinski definition) is 4. The monoisotopic (exact) mass is 329 g/mol. The molecular weight excluding hydrogens is 294 g/mol. The fourth-order valence-corrected chi connectivity index (χ4v) is 1.88. The Bertz CT molecular complexity index is 329. The average molecular weight is 329 g/mol. The molecule has 0 atom stereocenters. The van der Waals surface area contributed by atoms with Gasteiger partial charge < -0.3 is 14.8 Å². The molecule has 0 heterocycles. The summed E-state index contributed by atoms with van der Waals surface area (Å²) < 4.78 is 10.2. The molecule has 1 N–H and O–H groups in total.